The molecule has 6 aromatic rings. The standard InChI is InChI=1S/C45H53BrN6O6S.ClH/c1-5-56-45(53)44-37(17-10-29-57-41-18-8-13-32-12-6-7-14-35(32)41)36-15-9-16-38(43(36)52(44)24-11-23-47-2)42-39(48-49(3)40(42)30-46)31-58-34-21-19-33(20-22-34)50-25-27-51(28-26-50)59(4,54)55;/h6-9,12-16,18-22,47H,5,10-11,17,23-31H2,1-4H3;1H. The molecule has 15 heteroatoms. The number of carbonyl (C=O) groups is 1. The van der Waals surface area contributed by atoms with Crippen LogP contribution in [0.15, 0.2) is 84.9 Å². The highest BCUT2D eigenvalue weighted by molar-refractivity contribution is 9.08. The van der Waals surface area contributed by atoms with Gasteiger partial charge in [-0.05, 0) is 81.1 Å². The Bertz CT molecular complexity index is 2510. The van der Waals surface area contributed by atoms with Gasteiger partial charge >= 0.3 is 5.97 Å². The van der Waals surface area contributed by atoms with E-state index in [4.69, 9.17) is 19.3 Å². The third kappa shape index (κ3) is 9.79. The topological polar surface area (TPSA) is 120 Å². The number of aryl methyl sites for hydroxylation is 3. The number of alkyl halides is 1. The molecule has 0 aliphatic carbocycles. The highest BCUT2D eigenvalue weighted by Gasteiger charge is 2.29. The Labute approximate surface area is 367 Å². The van der Waals surface area contributed by atoms with Crippen LogP contribution in [-0.2, 0) is 46.7 Å². The van der Waals surface area contributed by atoms with Gasteiger partial charge in [0.1, 0.15) is 29.5 Å². The third-order valence-electron chi connectivity index (χ3n) is 11.0. The molecule has 4 aromatic carbocycles. The number of hydrogen-bond acceptors (Lipinski definition) is 9. The quantitative estimate of drug-likeness (QED) is 0.0520. The fourth-order valence-electron chi connectivity index (χ4n) is 8.13. The van der Waals surface area contributed by atoms with Gasteiger partial charge in [0.2, 0.25) is 10.0 Å². The van der Waals surface area contributed by atoms with Crippen molar-refractivity contribution >= 4 is 71.7 Å². The second-order valence-corrected chi connectivity index (χ2v) is 17.3. The number of para-hydroxylation sites is 1. The molecule has 0 atom stereocenters. The highest BCUT2D eigenvalue weighted by atomic mass is 79.9. The summed E-state index contributed by atoms with van der Waals surface area (Å²) in [6, 6.07) is 28.5. The predicted molar refractivity (Wildman–Crippen MR) is 246 cm³/mol. The van der Waals surface area contributed by atoms with Gasteiger partial charge in [-0.25, -0.2) is 13.2 Å². The lowest BCUT2D eigenvalue weighted by atomic mass is 9.98. The van der Waals surface area contributed by atoms with Crippen molar-refractivity contribution in [1.29, 1.82) is 0 Å². The number of aromatic nitrogens is 3. The van der Waals surface area contributed by atoms with E-state index in [0.29, 0.717) is 68.9 Å². The lowest BCUT2D eigenvalue weighted by molar-refractivity contribution is 0.0512. The van der Waals surface area contributed by atoms with Gasteiger partial charge < -0.3 is 29.0 Å². The maximum atomic E-state index is 14.0. The molecule has 0 unspecified atom stereocenters. The Hall–Kier alpha value is -4.60. The van der Waals surface area contributed by atoms with Gasteiger partial charge in [-0.1, -0.05) is 70.5 Å². The average Bonchev–Trinajstić information content (AvgIpc) is 3.74. The number of halogens is 2. The van der Waals surface area contributed by atoms with Crippen LogP contribution in [0.2, 0.25) is 0 Å². The molecule has 60 heavy (non-hydrogen) atoms. The molecular formula is C45H54BrClN6O6S. The van der Waals surface area contributed by atoms with Crippen LogP contribution in [0.25, 0.3) is 32.8 Å². The summed E-state index contributed by atoms with van der Waals surface area (Å²) in [7, 11) is 0.682. The molecule has 2 aromatic heterocycles. The number of fused-ring (bicyclic) bond motifs is 2. The number of anilines is 1. The molecule has 0 radical (unpaired) electrons. The van der Waals surface area contributed by atoms with Crippen molar-refractivity contribution in [2.75, 3.05) is 64.1 Å². The van der Waals surface area contributed by atoms with Crippen LogP contribution in [0.4, 0.5) is 5.69 Å². The minimum atomic E-state index is -3.20. The number of rotatable bonds is 18. The zero-order chi connectivity index (χ0) is 41.5. The second kappa shape index (κ2) is 20.3. The Kier molecular flexibility index (Phi) is 15.2. The fourth-order valence-corrected chi connectivity index (χ4v) is 9.60. The Morgan fingerprint density at radius 1 is 0.900 bits per heavy atom. The minimum absolute atomic E-state index is 0. The molecular weight excluding hydrogens is 868 g/mol. The number of benzene rings is 4. The first-order valence-electron chi connectivity index (χ1n) is 20.2. The summed E-state index contributed by atoms with van der Waals surface area (Å²) in [6.45, 7) is 6.40. The van der Waals surface area contributed by atoms with E-state index in [1.165, 1.54) is 10.6 Å². The summed E-state index contributed by atoms with van der Waals surface area (Å²) in [5, 5.41) is 12.0. The van der Waals surface area contributed by atoms with Crippen LogP contribution in [0.1, 0.15) is 47.2 Å². The van der Waals surface area contributed by atoms with E-state index in [1.54, 1.807) is 0 Å². The maximum Gasteiger partial charge on any atom is 0.355 e. The summed E-state index contributed by atoms with van der Waals surface area (Å²) >= 11 is 3.75. The Balaban J connectivity index is 0.00000604. The Morgan fingerprint density at radius 3 is 2.33 bits per heavy atom. The average molecular weight is 922 g/mol. The fraction of sp³-hybridized carbons (Fsp3) is 0.378. The Morgan fingerprint density at radius 2 is 1.62 bits per heavy atom. The maximum absolute atomic E-state index is 14.0. The van der Waals surface area contributed by atoms with E-state index < -0.39 is 10.0 Å². The largest absolute Gasteiger partial charge is 0.493 e. The monoisotopic (exact) mass is 920 g/mol. The molecule has 3 heterocycles. The van der Waals surface area contributed by atoms with E-state index in [9.17, 15) is 13.2 Å². The summed E-state index contributed by atoms with van der Waals surface area (Å²) < 4.78 is 48.1. The first-order valence-corrected chi connectivity index (χ1v) is 23.2. The molecule has 1 saturated heterocycles. The van der Waals surface area contributed by atoms with Crippen molar-refractivity contribution in [3.05, 3.63) is 108 Å². The molecule has 0 amide bonds. The summed E-state index contributed by atoms with van der Waals surface area (Å²) in [4.78, 5) is 16.2. The van der Waals surface area contributed by atoms with Gasteiger partial charge in [0.25, 0.3) is 0 Å². The molecule has 1 aliphatic rings. The number of piperazine rings is 1. The summed E-state index contributed by atoms with van der Waals surface area (Å²) in [5.74, 6) is 1.21. The van der Waals surface area contributed by atoms with Crippen molar-refractivity contribution < 1.29 is 27.4 Å². The second-order valence-electron chi connectivity index (χ2n) is 14.7. The predicted octanol–water partition coefficient (Wildman–Crippen LogP) is 7.97. The van der Waals surface area contributed by atoms with Gasteiger partial charge in [-0.15, -0.1) is 12.4 Å². The van der Waals surface area contributed by atoms with Crippen molar-refractivity contribution in [2.45, 2.75) is 44.7 Å². The van der Waals surface area contributed by atoms with E-state index in [-0.39, 0.29) is 31.6 Å². The van der Waals surface area contributed by atoms with Crippen LogP contribution in [0.3, 0.4) is 0 Å². The number of ether oxygens (including phenoxy) is 3. The lowest BCUT2D eigenvalue weighted by Gasteiger charge is -2.34. The van der Waals surface area contributed by atoms with Gasteiger partial charge in [0, 0.05) is 72.7 Å². The first kappa shape index (κ1) is 44.9. The molecule has 0 saturated carbocycles. The zero-order valence-corrected chi connectivity index (χ0v) is 37.9. The zero-order valence-electron chi connectivity index (χ0n) is 34.7. The normalized spacial score (nSPS) is 13.4. The van der Waals surface area contributed by atoms with E-state index >= 15 is 0 Å². The molecule has 0 spiro atoms. The van der Waals surface area contributed by atoms with Crippen LogP contribution >= 0.6 is 28.3 Å². The number of carbonyl (C=O) groups excluding carboxylic acids is 1. The number of nitrogens with zero attached hydrogens (tertiary/aromatic N) is 5. The van der Waals surface area contributed by atoms with E-state index in [2.05, 4.69) is 67.1 Å². The minimum Gasteiger partial charge on any atom is -0.493 e. The number of esters is 1. The smallest absolute Gasteiger partial charge is 0.355 e. The molecule has 12 nitrogen and oxygen atoms in total. The number of sulfonamides is 1. The van der Waals surface area contributed by atoms with Gasteiger partial charge in [-0.2, -0.15) is 9.40 Å². The van der Waals surface area contributed by atoms with Gasteiger partial charge in [-0.3, -0.25) is 4.68 Å². The lowest BCUT2D eigenvalue weighted by Crippen LogP contribution is -2.48. The van der Waals surface area contributed by atoms with Crippen LogP contribution < -0.4 is 19.7 Å². The van der Waals surface area contributed by atoms with Crippen molar-refractivity contribution in [3.63, 3.8) is 0 Å². The molecule has 7 rings (SSSR count). The van der Waals surface area contributed by atoms with Gasteiger partial charge in [0.05, 0.1) is 30.7 Å². The highest BCUT2D eigenvalue weighted by Crippen LogP contribution is 2.40. The number of hydrogen-bond donors (Lipinski definition) is 1. The van der Waals surface area contributed by atoms with Gasteiger partial charge in [0.15, 0.2) is 0 Å². The van der Waals surface area contributed by atoms with Crippen molar-refractivity contribution in [3.8, 4) is 22.6 Å². The summed E-state index contributed by atoms with van der Waals surface area (Å²) in [5.41, 5.74) is 7.22. The summed E-state index contributed by atoms with van der Waals surface area (Å²) in [6.07, 6.45) is 3.39. The number of nitrogens with one attached hydrogen (secondary N) is 1. The molecule has 1 aliphatic heterocycles. The first-order chi connectivity index (χ1) is 28.6. The van der Waals surface area contributed by atoms with Crippen molar-refractivity contribution in [1.82, 2.24) is 24.0 Å². The molecule has 0 bridgehead atoms. The SMILES string of the molecule is CCOC(=O)c1c(CCCOc2cccc3ccccc23)c2cccc(-c3c(COc4ccc(N5CCN(S(C)(=O)=O)CC5)cc4)nn(C)c3CBr)c2n1CCCNC.Cl. The van der Waals surface area contributed by atoms with E-state index in [1.807, 2.05) is 74.2 Å². The van der Waals surface area contributed by atoms with Crippen LogP contribution in [-0.4, -0.2) is 92.3 Å². The molecule has 1 N–H and O–H groups in total. The van der Waals surface area contributed by atoms with Crippen molar-refractivity contribution in [2.24, 2.45) is 7.05 Å². The van der Waals surface area contributed by atoms with Crippen LogP contribution in [0, 0.1) is 0 Å². The molecule has 1 fully saturated rings. The van der Waals surface area contributed by atoms with Crippen LogP contribution in [0.5, 0.6) is 11.5 Å². The third-order valence-corrected chi connectivity index (χ3v) is 12.8. The van der Waals surface area contributed by atoms with E-state index in [0.717, 1.165) is 74.2 Å². The molecule has 320 valence electrons.